The van der Waals surface area contributed by atoms with Crippen LogP contribution in [0.2, 0.25) is 0 Å². The van der Waals surface area contributed by atoms with Gasteiger partial charge in [-0.05, 0) is 48.9 Å². The summed E-state index contributed by atoms with van der Waals surface area (Å²) in [6.07, 6.45) is 3.77. The van der Waals surface area contributed by atoms with Crippen LogP contribution in [0.15, 0.2) is 24.3 Å². The predicted molar refractivity (Wildman–Crippen MR) is 87.5 cm³/mol. The number of tetrazole rings is 1. The summed E-state index contributed by atoms with van der Waals surface area (Å²) in [7, 11) is 2.26. The first-order valence-electron chi connectivity index (χ1n) is 8.25. The minimum absolute atomic E-state index is 0.603. The van der Waals surface area contributed by atoms with Crippen molar-refractivity contribution in [3.63, 3.8) is 0 Å². The van der Waals surface area contributed by atoms with Crippen LogP contribution in [-0.2, 0) is 0 Å². The molecule has 2 fully saturated rings. The molecule has 5 rings (SSSR count). The van der Waals surface area contributed by atoms with Crippen LogP contribution in [0.1, 0.15) is 19.3 Å². The molecule has 2 atom stereocenters. The van der Waals surface area contributed by atoms with Gasteiger partial charge in [0, 0.05) is 25.2 Å². The second-order valence-electron chi connectivity index (χ2n) is 6.62. The third kappa shape index (κ3) is 1.92. The molecule has 7 nitrogen and oxygen atoms in total. The van der Waals surface area contributed by atoms with E-state index in [9.17, 15) is 0 Å². The first-order chi connectivity index (χ1) is 11.3. The lowest BCUT2D eigenvalue weighted by Gasteiger charge is -2.26. The summed E-state index contributed by atoms with van der Waals surface area (Å²) in [5.41, 5.74) is 2.64. The van der Waals surface area contributed by atoms with Crippen molar-refractivity contribution in [2.24, 2.45) is 0 Å². The van der Waals surface area contributed by atoms with Crippen molar-refractivity contribution in [2.75, 3.05) is 25.0 Å². The van der Waals surface area contributed by atoms with Gasteiger partial charge in [0.2, 0.25) is 5.65 Å². The van der Waals surface area contributed by atoms with Gasteiger partial charge in [-0.25, -0.2) is 4.98 Å². The lowest BCUT2D eigenvalue weighted by Crippen LogP contribution is -2.37. The van der Waals surface area contributed by atoms with Gasteiger partial charge in [0.05, 0.1) is 11.0 Å². The Morgan fingerprint density at radius 3 is 2.91 bits per heavy atom. The third-order valence-corrected chi connectivity index (χ3v) is 5.45. The molecule has 118 valence electrons. The molecule has 0 aliphatic carbocycles. The molecule has 0 radical (unpaired) electrons. The Bertz CT molecular complexity index is 873. The molecule has 2 bridgehead atoms. The Balaban J connectivity index is 1.65. The summed E-state index contributed by atoms with van der Waals surface area (Å²) >= 11 is 0. The minimum Gasteiger partial charge on any atom is -0.352 e. The molecule has 2 unspecified atom stereocenters. The Morgan fingerprint density at radius 1 is 1.09 bits per heavy atom. The average Bonchev–Trinajstić information content (AvgIpc) is 3.13. The number of likely N-dealkylation sites (N-methyl/N-ethyl adjacent to an activating group) is 1. The number of aromatic nitrogens is 5. The van der Waals surface area contributed by atoms with Crippen molar-refractivity contribution in [3.8, 4) is 0 Å². The fraction of sp³-hybridized carbons (Fsp3) is 0.500. The molecule has 2 aromatic heterocycles. The number of hydrogen-bond donors (Lipinski definition) is 0. The highest BCUT2D eigenvalue weighted by Crippen LogP contribution is 2.31. The van der Waals surface area contributed by atoms with Crippen molar-refractivity contribution in [3.05, 3.63) is 24.3 Å². The highest BCUT2D eigenvalue weighted by atomic mass is 15.5. The normalized spacial score (nSPS) is 25.3. The fourth-order valence-electron chi connectivity index (χ4n) is 4.10. The van der Waals surface area contributed by atoms with Crippen LogP contribution in [0.5, 0.6) is 0 Å². The molecule has 0 spiro atoms. The highest BCUT2D eigenvalue weighted by molar-refractivity contribution is 5.82. The zero-order chi connectivity index (χ0) is 15.4. The Labute approximate surface area is 133 Å². The van der Waals surface area contributed by atoms with Crippen LogP contribution in [0.3, 0.4) is 0 Å². The number of fused-ring (bicyclic) bond motifs is 5. The van der Waals surface area contributed by atoms with Crippen molar-refractivity contribution in [1.29, 1.82) is 0 Å². The standard InChI is InChI=1S/C16H19N7/c1-21-11-6-7-12(21)10-22(9-8-11)15-16-18-19-20-23(16)14-5-3-2-4-13(14)17-15/h2-5,11-12H,6-10H2,1H3. The van der Waals surface area contributed by atoms with Crippen molar-refractivity contribution >= 4 is 22.5 Å². The summed E-state index contributed by atoms with van der Waals surface area (Å²) in [4.78, 5) is 9.81. The van der Waals surface area contributed by atoms with Crippen molar-refractivity contribution < 1.29 is 0 Å². The molecule has 2 aliphatic rings. The second kappa shape index (κ2) is 4.86. The summed E-state index contributed by atoms with van der Waals surface area (Å²) in [5, 5.41) is 12.3. The third-order valence-electron chi connectivity index (χ3n) is 5.45. The molecule has 4 heterocycles. The van der Waals surface area contributed by atoms with E-state index in [1.54, 1.807) is 0 Å². The average molecular weight is 309 g/mol. The maximum atomic E-state index is 4.89. The molecule has 0 N–H and O–H groups in total. The van der Waals surface area contributed by atoms with Gasteiger partial charge in [-0.2, -0.15) is 4.52 Å². The van der Waals surface area contributed by atoms with E-state index >= 15 is 0 Å². The van der Waals surface area contributed by atoms with Gasteiger partial charge < -0.3 is 4.90 Å². The zero-order valence-corrected chi connectivity index (χ0v) is 13.1. The molecular weight excluding hydrogens is 290 g/mol. The molecule has 2 saturated heterocycles. The van der Waals surface area contributed by atoms with Gasteiger partial charge in [0.1, 0.15) is 0 Å². The van der Waals surface area contributed by atoms with Gasteiger partial charge >= 0.3 is 0 Å². The largest absolute Gasteiger partial charge is 0.352 e. The lowest BCUT2D eigenvalue weighted by molar-refractivity contribution is 0.254. The number of hydrogen-bond acceptors (Lipinski definition) is 6. The van der Waals surface area contributed by atoms with Gasteiger partial charge in [-0.15, -0.1) is 5.10 Å². The molecule has 7 heteroatoms. The molecule has 0 amide bonds. The van der Waals surface area contributed by atoms with Crippen LogP contribution in [-0.4, -0.2) is 62.1 Å². The van der Waals surface area contributed by atoms with E-state index in [-0.39, 0.29) is 0 Å². The molecular formula is C16H19N7. The van der Waals surface area contributed by atoms with Crippen molar-refractivity contribution in [1.82, 2.24) is 29.9 Å². The quantitative estimate of drug-likeness (QED) is 0.676. The monoisotopic (exact) mass is 309 g/mol. The molecule has 2 aliphatic heterocycles. The number of rotatable bonds is 1. The number of benzene rings is 1. The molecule has 23 heavy (non-hydrogen) atoms. The predicted octanol–water partition coefficient (Wildman–Crippen LogP) is 1.35. The Hall–Kier alpha value is -2.28. The van der Waals surface area contributed by atoms with Crippen LogP contribution >= 0.6 is 0 Å². The van der Waals surface area contributed by atoms with Gasteiger partial charge in [-0.1, -0.05) is 12.1 Å². The topological polar surface area (TPSA) is 62.5 Å². The van der Waals surface area contributed by atoms with E-state index in [0.29, 0.717) is 12.1 Å². The zero-order valence-electron chi connectivity index (χ0n) is 13.1. The van der Waals surface area contributed by atoms with E-state index < -0.39 is 0 Å². The smallest absolute Gasteiger partial charge is 0.222 e. The molecule has 0 saturated carbocycles. The summed E-state index contributed by atoms with van der Waals surface area (Å²) in [6.45, 7) is 2.01. The number of nitrogens with zero attached hydrogens (tertiary/aromatic N) is 7. The SMILES string of the molecule is CN1C2CCC1CN(c1nc3ccccc3n3nnnc13)CC2. The summed E-state index contributed by atoms with van der Waals surface area (Å²) in [6, 6.07) is 9.34. The van der Waals surface area contributed by atoms with Gasteiger partial charge in [0.25, 0.3) is 0 Å². The van der Waals surface area contributed by atoms with Crippen LogP contribution in [0.25, 0.3) is 16.7 Å². The number of para-hydroxylation sites is 2. The molecule has 3 aromatic rings. The highest BCUT2D eigenvalue weighted by Gasteiger charge is 2.35. The van der Waals surface area contributed by atoms with Crippen LogP contribution in [0, 0.1) is 0 Å². The first kappa shape index (κ1) is 13.2. The molecule has 1 aromatic carbocycles. The van der Waals surface area contributed by atoms with E-state index in [2.05, 4.69) is 32.4 Å². The van der Waals surface area contributed by atoms with E-state index in [0.717, 1.165) is 35.6 Å². The van der Waals surface area contributed by atoms with E-state index in [4.69, 9.17) is 4.98 Å². The minimum atomic E-state index is 0.603. The Kier molecular flexibility index (Phi) is 2.78. The first-order valence-corrected chi connectivity index (χ1v) is 8.25. The maximum Gasteiger partial charge on any atom is 0.222 e. The Morgan fingerprint density at radius 2 is 1.96 bits per heavy atom. The lowest BCUT2D eigenvalue weighted by atomic mass is 10.1. The van der Waals surface area contributed by atoms with Gasteiger partial charge in [-0.3, -0.25) is 4.90 Å². The fourth-order valence-corrected chi connectivity index (χ4v) is 4.10. The van der Waals surface area contributed by atoms with Crippen LogP contribution in [0.4, 0.5) is 5.82 Å². The maximum absolute atomic E-state index is 4.89. The van der Waals surface area contributed by atoms with Crippen molar-refractivity contribution in [2.45, 2.75) is 31.3 Å². The summed E-state index contributed by atoms with van der Waals surface area (Å²) in [5.74, 6) is 0.912. The van der Waals surface area contributed by atoms with Gasteiger partial charge in [0.15, 0.2) is 5.82 Å². The summed E-state index contributed by atoms with van der Waals surface area (Å²) < 4.78 is 1.81. The number of anilines is 1. The second-order valence-corrected chi connectivity index (χ2v) is 6.62. The van der Waals surface area contributed by atoms with E-state index in [1.165, 1.54) is 19.3 Å². The van der Waals surface area contributed by atoms with Crippen LogP contribution < -0.4 is 4.90 Å². The van der Waals surface area contributed by atoms with E-state index in [1.807, 2.05) is 28.8 Å².